The zero-order valence-corrected chi connectivity index (χ0v) is 11.6. The number of halogens is 2. The lowest BCUT2D eigenvalue weighted by Gasteiger charge is -2.14. The van der Waals surface area contributed by atoms with Crippen molar-refractivity contribution in [3.63, 3.8) is 0 Å². The Balaban J connectivity index is 2.06. The van der Waals surface area contributed by atoms with Gasteiger partial charge in [-0.2, -0.15) is 0 Å². The Labute approximate surface area is 121 Å². The van der Waals surface area contributed by atoms with E-state index in [1.54, 1.807) is 0 Å². The molecule has 0 radical (unpaired) electrons. The second kappa shape index (κ2) is 6.35. The maximum absolute atomic E-state index is 13.6. The Morgan fingerprint density at radius 1 is 1.19 bits per heavy atom. The fourth-order valence-corrected chi connectivity index (χ4v) is 2.06. The fraction of sp³-hybridized carbons (Fsp3) is 0.188. The van der Waals surface area contributed by atoms with Crippen LogP contribution in [-0.2, 0) is 6.42 Å². The maximum atomic E-state index is 13.6. The van der Waals surface area contributed by atoms with Crippen LogP contribution < -0.4 is 11.1 Å². The summed E-state index contributed by atoms with van der Waals surface area (Å²) < 4.78 is 26.7. The van der Waals surface area contributed by atoms with Crippen molar-refractivity contribution < 1.29 is 13.6 Å². The van der Waals surface area contributed by atoms with Crippen LogP contribution in [0.5, 0.6) is 0 Å². The average Bonchev–Trinajstić information content (AvgIpc) is 2.43. The van der Waals surface area contributed by atoms with Crippen LogP contribution in [0, 0.1) is 11.6 Å². The molecule has 0 saturated heterocycles. The normalized spacial score (nSPS) is 12.0. The summed E-state index contributed by atoms with van der Waals surface area (Å²) in [6, 6.07) is 11.0. The van der Waals surface area contributed by atoms with Gasteiger partial charge in [-0.05, 0) is 25.0 Å². The van der Waals surface area contributed by atoms with Gasteiger partial charge in [0.1, 0.15) is 11.6 Å². The number of amides is 1. The molecule has 3 N–H and O–H groups in total. The smallest absolute Gasteiger partial charge is 0.254 e. The number of nitrogen functional groups attached to an aromatic ring is 1. The topological polar surface area (TPSA) is 55.1 Å². The summed E-state index contributed by atoms with van der Waals surface area (Å²) in [6.07, 6.45) is 0.616. The molecule has 0 fully saturated rings. The Morgan fingerprint density at radius 3 is 2.52 bits per heavy atom. The maximum Gasteiger partial charge on any atom is 0.254 e. The summed E-state index contributed by atoms with van der Waals surface area (Å²) in [4.78, 5) is 12.0. The van der Waals surface area contributed by atoms with E-state index in [0.717, 1.165) is 11.6 Å². The molecule has 0 aromatic heterocycles. The summed E-state index contributed by atoms with van der Waals surface area (Å²) in [6.45, 7) is 1.82. The van der Waals surface area contributed by atoms with Crippen molar-refractivity contribution in [1.29, 1.82) is 0 Å². The lowest BCUT2D eigenvalue weighted by molar-refractivity contribution is 0.0936. The van der Waals surface area contributed by atoms with Crippen molar-refractivity contribution in [2.75, 3.05) is 5.73 Å². The Bertz CT molecular complexity index is 644. The average molecular weight is 290 g/mol. The molecule has 0 bridgehead atoms. The third-order valence-electron chi connectivity index (χ3n) is 3.09. The highest BCUT2D eigenvalue weighted by Gasteiger charge is 2.16. The van der Waals surface area contributed by atoms with Gasteiger partial charge < -0.3 is 11.1 Å². The molecule has 0 aliphatic rings. The van der Waals surface area contributed by atoms with E-state index in [0.29, 0.717) is 12.5 Å². The molecule has 5 heteroatoms. The van der Waals surface area contributed by atoms with E-state index in [-0.39, 0.29) is 17.3 Å². The molecule has 2 rings (SSSR count). The van der Waals surface area contributed by atoms with Crippen LogP contribution in [0.25, 0.3) is 0 Å². The summed E-state index contributed by atoms with van der Waals surface area (Å²) in [5.74, 6) is -2.41. The van der Waals surface area contributed by atoms with E-state index in [4.69, 9.17) is 5.73 Å². The molecule has 0 heterocycles. The van der Waals surface area contributed by atoms with Gasteiger partial charge >= 0.3 is 0 Å². The molecule has 3 nitrogen and oxygen atoms in total. The minimum Gasteiger partial charge on any atom is -0.396 e. The van der Waals surface area contributed by atoms with Crippen LogP contribution in [0.15, 0.2) is 42.5 Å². The standard InChI is InChI=1S/C16H16F2N2O/c1-10(7-11-5-3-2-4-6-11)20-16(21)12-8-15(19)14(18)9-13(12)17/h2-6,8-10H,7,19H2,1H3,(H,20,21). The Hall–Kier alpha value is -2.43. The first kappa shape index (κ1) is 15.0. The summed E-state index contributed by atoms with van der Waals surface area (Å²) >= 11 is 0. The van der Waals surface area contributed by atoms with Crippen LogP contribution in [0.3, 0.4) is 0 Å². The number of carbonyl (C=O) groups is 1. The lowest BCUT2D eigenvalue weighted by Crippen LogP contribution is -2.34. The quantitative estimate of drug-likeness (QED) is 0.851. The van der Waals surface area contributed by atoms with Crippen LogP contribution in [-0.4, -0.2) is 11.9 Å². The number of nitrogens with one attached hydrogen (secondary N) is 1. The number of hydrogen-bond acceptors (Lipinski definition) is 2. The molecule has 0 aliphatic heterocycles. The molecule has 1 amide bonds. The monoisotopic (exact) mass is 290 g/mol. The van der Waals surface area contributed by atoms with E-state index in [2.05, 4.69) is 5.32 Å². The molecule has 0 aliphatic carbocycles. The largest absolute Gasteiger partial charge is 0.396 e. The number of carbonyl (C=O) groups excluding carboxylic acids is 1. The molecule has 0 saturated carbocycles. The Kier molecular flexibility index (Phi) is 4.52. The summed E-state index contributed by atoms with van der Waals surface area (Å²) in [5.41, 5.74) is 5.91. The minimum atomic E-state index is -0.925. The zero-order valence-electron chi connectivity index (χ0n) is 11.6. The van der Waals surface area contributed by atoms with E-state index < -0.39 is 17.5 Å². The fourth-order valence-electron chi connectivity index (χ4n) is 2.06. The van der Waals surface area contributed by atoms with Crippen molar-refractivity contribution in [3.8, 4) is 0 Å². The summed E-state index contributed by atoms with van der Waals surface area (Å²) in [7, 11) is 0. The molecular weight excluding hydrogens is 274 g/mol. The molecule has 2 aromatic rings. The number of anilines is 1. The van der Waals surface area contributed by atoms with Gasteiger partial charge in [-0.1, -0.05) is 30.3 Å². The predicted octanol–water partition coefficient (Wildman–Crippen LogP) is 2.91. The van der Waals surface area contributed by atoms with Crippen molar-refractivity contribution >= 4 is 11.6 Å². The van der Waals surface area contributed by atoms with E-state index >= 15 is 0 Å². The van der Waals surface area contributed by atoms with Crippen LogP contribution in [0.1, 0.15) is 22.8 Å². The second-order valence-electron chi connectivity index (χ2n) is 4.92. The third kappa shape index (κ3) is 3.78. The van der Waals surface area contributed by atoms with Crippen LogP contribution in [0.2, 0.25) is 0 Å². The van der Waals surface area contributed by atoms with Gasteiger partial charge in [-0.25, -0.2) is 8.78 Å². The first-order chi connectivity index (χ1) is 9.97. The highest BCUT2D eigenvalue weighted by molar-refractivity contribution is 5.95. The number of hydrogen-bond donors (Lipinski definition) is 2. The van der Waals surface area contributed by atoms with Gasteiger partial charge in [-0.3, -0.25) is 4.79 Å². The Morgan fingerprint density at radius 2 is 1.86 bits per heavy atom. The number of nitrogens with two attached hydrogens (primary N) is 1. The highest BCUT2D eigenvalue weighted by atomic mass is 19.1. The molecule has 2 aromatic carbocycles. The van der Waals surface area contributed by atoms with Gasteiger partial charge in [0.05, 0.1) is 11.3 Å². The van der Waals surface area contributed by atoms with Crippen molar-refractivity contribution in [2.24, 2.45) is 0 Å². The minimum absolute atomic E-state index is 0.189. The SMILES string of the molecule is CC(Cc1ccccc1)NC(=O)c1cc(N)c(F)cc1F. The van der Waals surface area contributed by atoms with Crippen molar-refractivity contribution in [3.05, 3.63) is 65.2 Å². The first-order valence-electron chi connectivity index (χ1n) is 6.56. The zero-order chi connectivity index (χ0) is 15.4. The number of benzene rings is 2. The van der Waals surface area contributed by atoms with Crippen LogP contribution in [0.4, 0.5) is 14.5 Å². The van der Waals surface area contributed by atoms with E-state index in [1.165, 1.54) is 0 Å². The number of rotatable bonds is 4. The molecule has 21 heavy (non-hydrogen) atoms. The highest BCUT2D eigenvalue weighted by Crippen LogP contribution is 2.16. The second-order valence-corrected chi connectivity index (χ2v) is 4.92. The lowest BCUT2D eigenvalue weighted by atomic mass is 10.1. The van der Waals surface area contributed by atoms with Gasteiger partial charge in [0.15, 0.2) is 0 Å². The van der Waals surface area contributed by atoms with E-state index in [9.17, 15) is 13.6 Å². The molecular formula is C16H16F2N2O. The van der Waals surface area contributed by atoms with Gasteiger partial charge in [0.2, 0.25) is 0 Å². The van der Waals surface area contributed by atoms with Gasteiger partial charge in [0, 0.05) is 12.1 Å². The van der Waals surface area contributed by atoms with Crippen LogP contribution >= 0.6 is 0 Å². The molecule has 0 spiro atoms. The van der Waals surface area contributed by atoms with Gasteiger partial charge in [0.25, 0.3) is 5.91 Å². The molecule has 110 valence electrons. The third-order valence-corrected chi connectivity index (χ3v) is 3.09. The molecule has 1 atom stereocenters. The predicted molar refractivity (Wildman–Crippen MR) is 77.8 cm³/mol. The van der Waals surface area contributed by atoms with E-state index in [1.807, 2.05) is 37.3 Å². The summed E-state index contributed by atoms with van der Waals surface area (Å²) in [5, 5.41) is 2.68. The van der Waals surface area contributed by atoms with Gasteiger partial charge in [-0.15, -0.1) is 0 Å². The van der Waals surface area contributed by atoms with Crippen molar-refractivity contribution in [2.45, 2.75) is 19.4 Å². The first-order valence-corrected chi connectivity index (χ1v) is 6.56. The molecule has 1 unspecified atom stereocenters. The van der Waals surface area contributed by atoms with Crippen molar-refractivity contribution in [1.82, 2.24) is 5.32 Å².